The number of nitrogens with one attached hydrogen (secondary N) is 2. The van der Waals surface area contributed by atoms with Crippen LogP contribution in [0.1, 0.15) is 22.7 Å². The van der Waals surface area contributed by atoms with Gasteiger partial charge in [0.15, 0.2) is 0 Å². The van der Waals surface area contributed by atoms with E-state index in [0.717, 1.165) is 31.7 Å². The Morgan fingerprint density at radius 1 is 0.929 bits per heavy atom. The molecule has 1 saturated heterocycles. The van der Waals surface area contributed by atoms with Gasteiger partial charge in [-0.05, 0) is 36.6 Å². The number of aryl methyl sites for hydroxylation is 1. The number of hydrogen-bond acceptors (Lipinski definition) is 4. The van der Waals surface area contributed by atoms with Crippen molar-refractivity contribution in [1.82, 2.24) is 15.5 Å². The molecule has 0 aliphatic carbocycles. The van der Waals surface area contributed by atoms with E-state index in [9.17, 15) is 9.59 Å². The third kappa shape index (κ3) is 4.34. The van der Waals surface area contributed by atoms with Gasteiger partial charge in [0, 0.05) is 38.9 Å². The van der Waals surface area contributed by atoms with E-state index in [4.69, 9.17) is 0 Å². The fraction of sp³-hybridized carbons (Fsp3) is 0.364. The number of hydrogen-bond donors (Lipinski definition) is 2. The maximum atomic E-state index is 12.8. The Hall–Kier alpha value is -2.86. The molecule has 2 aromatic rings. The van der Waals surface area contributed by atoms with Crippen molar-refractivity contribution in [2.45, 2.75) is 19.9 Å². The second kappa shape index (κ2) is 8.89. The van der Waals surface area contributed by atoms with Gasteiger partial charge in [-0.15, -0.1) is 0 Å². The summed E-state index contributed by atoms with van der Waals surface area (Å²) in [7, 11) is 1.50. The first-order chi connectivity index (χ1) is 13.5. The molecule has 1 atom stereocenters. The number of rotatable bonds is 4. The second-order valence-corrected chi connectivity index (χ2v) is 7.12. The van der Waals surface area contributed by atoms with E-state index < -0.39 is 12.1 Å². The van der Waals surface area contributed by atoms with E-state index in [-0.39, 0.29) is 5.91 Å². The average molecular weight is 380 g/mol. The first kappa shape index (κ1) is 19.9. The van der Waals surface area contributed by atoms with Gasteiger partial charge in [-0.2, -0.15) is 0 Å². The molecule has 0 unspecified atom stereocenters. The number of urea groups is 1. The Morgan fingerprint density at radius 3 is 2.25 bits per heavy atom. The smallest absolute Gasteiger partial charge is 0.321 e. The van der Waals surface area contributed by atoms with Crippen molar-refractivity contribution in [2.24, 2.45) is 0 Å². The number of anilines is 1. The van der Waals surface area contributed by atoms with Crippen molar-refractivity contribution in [3.63, 3.8) is 0 Å². The zero-order valence-corrected chi connectivity index (χ0v) is 16.7. The van der Waals surface area contributed by atoms with E-state index in [2.05, 4.69) is 52.5 Å². The molecular formula is C22H28N4O2. The number of carbonyl (C=O) groups is 2. The minimum atomic E-state index is -0.487. The summed E-state index contributed by atoms with van der Waals surface area (Å²) < 4.78 is 0. The van der Waals surface area contributed by atoms with Gasteiger partial charge in [0.2, 0.25) is 5.91 Å². The molecule has 2 aromatic carbocycles. The summed E-state index contributed by atoms with van der Waals surface area (Å²) in [4.78, 5) is 29.0. The molecule has 0 bridgehead atoms. The molecule has 28 heavy (non-hydrogen) atoms. The van der Waals surface area contributed by atoms with Crippen molar-refractivity contribution in [3.8, 4) is 0 Å². The van der Waals surface area contributed by atoms with Crippen molar-refractivity contribution in [3.05, 3.63) is 65.2 Å². The van der Waals surface area contributed by atoms with Gasteiger partial charge in [-0.1, -0.05) is 42.5 Å². The predicted molar refractivity (Wildman–Crippen MR) is 111 cm³/mol. The molecule has 148 valence electrons. The van der Waals surface area contributed by atoms with Crippen molar-refractivity contribution < 1.29 is 9.59 Å². The van der Waals surface area contributed by atoms with Gasteiger partial charge in [-0.3, -0.25) is 15.0 Å². The molecule has 6 heteroatoms. The average Bonchev–Trinajstić information content (AvgIpc) is 2.71. The van der Waals surface area contributed by atoms with Gasteiger partial charge in [0.05, 0.1) is 0 Å². The Morgan fingerprint density at radius 2 is 1.61 bits per heavy atom. The minimum absolute atomic E-state index is 0.300. The highest BCUT2D eigenvalue weighted by atomic mass is 16.2. The largest absolute Gasteiger partial charge is 0.369 e. The van der Waals surface area contributed by atoms with Gasteiger partial charge in [0.1, 0.15) is 6.04 Å². The van der Waals surface area contributed by atoms with E-state index in [1.54, 1.807) is 0 Å². The lowest BCUT2D eigenvalue weighted by Gasteiger charge is -2.40. The molecule has 6 nitrogen and oxygen atoms in total. The van der Waals surface area contributed by atoms with Crippen LogP contribution in [0.25, 0.3) is 0 Å². The standard InChI is InChI=1S/C22H28N4O2/c1-16-8-7-11-19(17(16)2)25-12-14-26(15-13-25)20(18-9-5-4-6-10-18)21(27)24-22(28)23-3/h4-11,20H,12-15H2,1-3H3,(H2,23,24,27,28)/t20-/m1/s1. The molecule has 0 spiro atoms. The third-order valence-corrected chi connectivity index (χ3v) is 5.42. The lowest BCUT2D eigenvalue weighted by atomic mass is 10.0. The summed E-state index contributed by atoms with van der Waals surface area (Å²) in [5, 5.41) is 4.89. The molecule has 2 N–H and O–H groups in total. The van der Waals surface area contributed by atoms with Crippen LogP contribution in [0.4, 0.5) is 10.5 Å². The number of carbonyl (C=O) groups excluding carboxylic acids is 2. The molecule has 1 heterocycles. The molecule has 0 aromatic heterocycles. The Kier molecular flexibility index (Phi) is 6.31. The number of amides is 3. The van der Waals surface area contributed by atoms with Crippen LogP contribution in [-0.2, 0) is 4.79 Å². The lowest BCUT2D eigenvalue weighted by Crippen LogP contribution is -2.52. The molecule has 1 fully saturated rings. The summed E-state index contributed by atoms with van der Waals surface area (Å²) in [6, 6.07) is 15.0. The molecule has 1 aliphatic heterocycles. The predicted octanol–water partition coefficient (Wildman–Crippen LogP) is 2.62. The first-order valence-electron chi connectivity index (χ1n) is 9.64. The highest BCUT2D eigenvalue weighted by Crippen LogP contribution is 2.27. The van der Waals surface area contributed by atoms with E-state index >= 15 is 0 Å². The van der Waals surface area contributed by atoms with Crippen LogP contribution in [0, 0.1) is 13.8 Å². The van der Waals surface area contributed by atoms with E-state index in [0.29, 0.717) is 0 Å². The van der Waals surface area contributed by atoms with Crippen LogP contribution in [-0.4, -0.2) is 50.1 Å². The zero-order chi connectivity index (χ0) is 20.1. The second-order valence-electron chi connectivity index (χ2n) is 7.12. The van der Waals surface area contributed by atoms with Crippen LogP contribution >= 0.6 is 0 Å². The number of piperazine rings is 1. The monoisotopic (exact) mass is 380 g/mol. The summed E-state index contributed by atoms with van der Waals surface area (Å²) in [6.07, 6.45) is 0. The maximum absolute atomic E-state index is 12.8. The van der Waals surface area contributed by atoms with Crippen molar-refractivity contribution in [1.29, 1.82) is 0 Å². The highest BCUT2D eigenvalue weighted by Gasteiger charge is 2.31. The first-order valence-corrected chi connectivity index (χ1v) is 9.64. The maximum Gasteiger partial charge on any atom is 0.321 e. The molecule has 1 aliphatic rings. The van der Waals surface area contributed by atoms with Gasteiger partial charge < -0.3 is 10.2 Å². The summed E-state index contributed by atoms with van der Waals surface area (Å²) in [6.45, 7) is 7.44. The molecule has 0 saturated carbocycles. The number of imide groups is 1. The fourth-order valence-electron chi connectivity index (χ4n) is 3.71. The Labute approximate surface area is 166 Å². The van der Waals surface area contributed by atoms with Crippen LogP contribution < -0.4 is 15.5 Å². The summed E-state index contributed by atoms with van der Waals surface area (Å²) in [5.41, 5.74) is 4.73. The topological polar surface area (TPSA) is 64.7 Å². The van der Waals surface area contributed by atoms with Gasteiger partial charge in [-0.25, -0.2) is 4.79 Å². The summed E-state index contributed by atoms with van der Waals surface area (Å²) in [5.74, 6) is -0.300. The number of benzene rings is 2. The molecule has 3 rings (SSSR count). The normalized spacial score (nSPS) is 15.8. The number of nitrogens with zero attached hydrogens (tertiary/aromatic N) is 2. The fourth-order valence-corrected chi connectivity index (χ4v) is 3.71. The lowest BCUT2D eigenvalue weighted by molar-refractivity contribution is -0.125. The van der Waals surface area contributed by atoms with Crippen LogP contribution in [0.5, 0.6) is 0 Å². The van der Waals surface area contributed by atoms with E-state index in [1.807, 2.05) is 30.3 Å². The third-order valence-electron chi connectivity index (χ3n) is 5.42. The summed E-state index contributed by atoms with van der Waals surface area (Å²) >= 11 is 0. The molecule has 3 amide bonds. The quantitative estimate of drug-likeness (QED) is 0.856. The van der Waals surface area contributed by atoms with Crippen LogP contribution in [0.3, 0.4) is 0 Å². The van der Waals surface area contributed by atoms with Crippen molar-refractivity contribution in [2.75, 3.05) is 38.1 Å². The molecule has 0 radical (unpaired) electrons. The minimum Gasteiger partial charge on any atom is -0.369 e. The van der Waals surface area contributed by atoms with Crippen LogP contribution in [0.2, 0.25) is 0 Å². The van der Waals surface area contributed by atoms with Gasteiger partial charge in [0.25, 0.3) is 0 Å². The van der Waals surface area contributed by atoms with Crippen molar-refractivity contribution >= 4 is 17.6 Å². The Balaban J connectivity index is 1.76. The zero-order valence-electron chi connectivity index (χ0n) is 16.7. The SMILES string of the molecule is CNC(=O)NC(=O)[C@@H](c1ccccc1)N1CCN(c2cccc(C)c2C)CC1. The van der Waals surface area contributed by atoms with Crippen LogP contribution in [0.15, 0.2) is 48.5 Å². The van der Waals surface area contributed by atoms with E-state index in [1.165, 1.54) is 23.9 Å². The molecular weight excluding hydrogens is 352 g/mol. The highest BCUT2D eigenvalue weighted by molar-refractivity contribution is 5.97. The van der Waals surface area contributed by atoms with Gasteiger partial charge >= 0.3 is 6.03 Å². The Bertz CT molecular complexity index is 830.